The smallest absolute Gasteiger partial charge is 0.0449 e. The van der Waals surface area contributed by atoms with Crippen molar-refractivity contribution in [1.29, 1.82) is 0 Å². The van der Waals surface area contributed by atoms with Gasteiger partial charge in [-0.1, -0.05) is 81.3 Å². The fraction of sp³-hybridized carbons (Fsp3) is 0.357. The highest BCUT2D eigenvalue weighted by molar-refractivity contribution is 5.76. The van der Waals surface area contributed by atoms with Gasteiger partial charge in [0.05, 0.1) is 0 Å². The van der Waals surface area contributed by atoms with Gasteiger partial charge in [-0.25, -0.2) is 0 Å². The Hall–Kier alpha value is -2.54. The quantitative estimate of drug-likeness (QED) is 0.438. The normalized spacial score (nSPS) is 20.6. The average molecular weight is 382 g/mol. The van der Waals surface area contributed by atoms with E-state index in [2.05, 4.69) is 99.3 Å². The molecule has 1 heterocycles. The van der Waals surface area contributed by atoms with Crippen molar-refractivity contribution in [3.8, 4) is 11.1 Å². The summed E-state index contributed by atoms with van der Waals surface area (Å²) >= 11 is 0. The fourth-order valence-corrected chi connectivity index (χ4v) is 5.50. The van der Waals surface area contributed by atoms with Gasteiger partial charge in [0.1, 0.15) is 0 Å². The number of hydrogen-bond donors (Lipinski definition) is 0. The van der Waals surface area contributed by atoms with Crippen LogP contribution in [0.1, 0.15) is 62.6 Å². The first-order valence-corrected chi connectivity index (χ1v) is 11.0. The van der Waals surface area contributed by atoms with Crippen molar-refractivity contribution in [2.45, 2.75) is 64.3 Å². The van der Waals surface area contributed by atoms with Crippen molar-refractivity contribution < 1.29 is 0 Å². The maximum Gasteiger partial charge on any atom is 0.0449 e. The third kappa shape index (κ3) is 3.08. The lowest BCUT2D eigenvalue weighted by Crippen LogP contribution is -2.26. The molecule has 2 aliphatic rings. The van der Waals surface area contributed by atoms with E-state index in [0.717, 1.165) is 0 Å². The highest BCUT2D eigenvalue weighted by Gasteiger charge is 2.41. The first-order chi connectivity index (χ1) is 13.9. The number of anilines is 2. The van der Waals surface area contributed by atoms with Gasteiger partial charge in [0.2, 0.25) is 0 Å². The van der Waals surface area contributed by atoms with Gasteiger partial charge < -0.3 is 4.90 Å². The van der Waals surface area contributed by atoms with E-state index in [4.69, 9.17) is 0 Å². The van der Waals surface area contributed by atoms with Crippen LogP contribution < -0.4 is 4.90 Å². The van der Waals surface area contributed by atoms with Crippen LogP contribution in [0.3, 0.4) is 0 Å². The Morgan fingerprint density at radius 3 is 2.38 bits per heavy atom. The molecule has 1 aliphatic carbocycles. The zero-order valence-electron chi connectivity index (χ0n) is 18.1. The summed E-state index contributed by atoms with van der Waals surface area (Å²) in [5.41, 5.74) is 9.91. The van der Waals surface area contributed by atoms with E-state index in [-0.39, 0.29) is 5.41 Å². The van der Waals surface area contributed by atoms with Gasteiger partial charge in [0.25, 0.3) is 0 Å². The van der Waals surface area contributed by atoms with Crippen LogP contribution in [0.2, 0.25) is 0 Å². The Bertz CT molecular complexity index is 1040. The summed E-state index contributed by atoms with van der Waals surface area (Å²) in [6, 6.07) is 25.8. The largest absolute Gasteiger partial charge is 0.338 e. The third-order valence-electron chi connectivity index (χ3n) is 6.84. The summed E-state index contributed by atoms with van der Waals surface area (Å²) in [6.45, 7) is 9.10. The summed E-state index contributed by atoms with van der Waals surface area (Å²) in [4.78, 5) is 2.62. The summed E-state index contributed by atoms with van der Waals surface area (Å²) < 4.78 is 0. The molecule has 0 bridgehead atoms. The molecule has 3 aromatic rings. The molecule has 3 aromatic carbocycles. The first-order valence-electron chi connectivity index (χ1n) is 11.0. The monoisotopic (exact) mass is 381 g/mol. The number of fused-ring (bicyclic) bond motifs is 3. The van der Waals surface area contributed by atoms with Crippen molar-refractivity contribution in [3.05, 3.63) is 83.4 Å². The summed E-state index contributed by atoms with van der Waals surface area (Å²) in [6.07, 6.45) is 3.97. The molecule has 5 rings (SSSR count). The van der Waals surface area contributed by atoms with Gasteiger partial charge in [-0.15, -0.1) is 0 Å². The van der Waals surface area contributed by atoms with Gasteiger partial charge in [0.15, 0.2) is 0 Å². The molecule has 1 fully saturated rings. The fourth-order valence-electron chi connectivity index (χ4n) is 5.50. The molecule has 1 heteroatoms. The van der Waals surface area contributed by atoms with E-state index >= 15 is 0 Å². The Morgan fingerprint density at radius 2 is 1.62 bits per heavy atom. The number of aryl methyl sites for hydroxylation is 1. The zero-order valence-corrected chi connectivity index (χ0v) is 18.1. The second-order valence-electron chi connectivity index (χ2n) is 9.88. The van der Waals surface area contributed by atoms with Crippen LogP contribution in [-0.4, -0.2) is 6.04 Å². The number of nitrogens with zero attached hydrogens (tertiary/aromatic N) is 1. The molecular formula is C28H31N. The van der Waals surface area contributed by atoms with Crippen LogP contribution in [0.15, 0.2) is 66.7 Å². The van der Waals surface area contributed by atoms with E-state index < -0.39 is 0 Å². The van der Waals surface area contributed by atoms with Crippen LogP contribution in [0.4, 0.5) is 11.4 Å². The molecule has 2 atom stereocenters. The molecule has 0 amide bonds. The highest BCUT2D eigenvalue weighted by atomic mass is 15.2. The Labute approximate surface area is 175 Å². The maximum absolute atomic E-state index is 2.62. The van der Waals surface area contributed by atoms with Crippen molar-refractivity contribution in [3.63, 3.8) is 0 Å². The van der Waals surface area contributed by atoms with Crippen molar-refractivity contribution in [2.24, 2.45) is 0 Å². The summed E-state index contributed by atoms with van der Waals surface area (Å²) in [7, 11) is 0. The van der Waals surface area contributed by atoms with Gasteiger partial charge in [0, 0.05) is 23.3 Å². The average Bonchev–Trinajstić information content (AvgIpc) is 3.28. The molecule has 148 valence electrons. The minimum absolute atomic E-state index is 0.137. The molecule has 1 aliphatic heterocycles. The lowest BCUT2D eigenvalue weighted by Gasteiger charge is -2.28. The van der Waals surface area contributed by atoms with Gasteiger partial charge >= 0.3 is 0 Å². The molecular weight excluding hydrogens is 350 g/mol. The number of rotatable bonds is 2. The minimum atomic E-state index is 0.137. The van der Waals surface area contributed by atoms with Crippen LogP contribution in [-0.2, 0) is 5.41 Å². The molecule has 0 N–H and O–H groups in total. The second-order valence-corrected chi connectivity index (χ2v) is 9.88. The van der Waals surface area contributed by atoms with E-state index in [1.807, 2.05) is 0 Å². The lowest BCUT2D eigenvalue weighted by atomic mass is 9.82. The molecule has 1 saturated carbocycles. The van der Waals surface area contributed by atoms with Gasteiger partial charge in [-0.2, -0.15) is 0 Å². The molecule has 29 heavy (non-hydrogen) atoms. The van der Waals surface area contributed by atoms with Crippen LogP contribution in [0.5, 0.6) is 0 Å². The first kappa shape index (κ1) is 18.5. The van der Waals surface area contributed by atoms with Crippen LogP contribution >= 0.6 is 0 Å². The van der Waals surface area contributed by atoms with Crippen LogP contribution in [0, 0.1) is 6.92 Å². The number of benzene rings is 3. The summed E-state index contributed by atoms with van der Waals surface area (Å²) in [5.74, 6) is 0.700. The van der Waals surface area contributed by atoms with Gasteiger partial charge in [-0.05, 0) is 65.6 Å². The predicted molar refractivity (Wildman–Crippen MR) is 124 cm³/mol. The van der Waals surface area contributed by atoms with E-state index in [1.54, 1.807) is 5.56 Å². The van der Waals surface area contributed by atoms with Crippen LogP contribution in [0.25, 0.3) is 11.1 Å². The molecule has 0 aromatic heterocycles. The minimum Gasteiger partial charge on any atom is -0.338 e. The van der Waals surface area contributed by atoms with E-state index in [1.165, 1.54) is 52.9 Å². The van der Waals surface area contributed by atoms with Crippen molar-refractivity contribution >= 4 is 11.4 Å². The third-order valence-corrected chi connectivity index (χ3v) is 6.84. The topological polar surface area (TPSA) is 3.24 Å². The molecule has 0 spiro atoms. The zero-order chi connectivity index (χ0) is 20.2. The van der Waals surface area contributed by atoms with Crippen molar-refractivity contribution in [1.82, 2.24) is 0 Å². The van der Waals surface area contributed by atoms with E-state index in [9.17, 15) is 0 Å². The SMILES string of the molecule is Cc1ccc2c(c1)C1CCCC1N2c1ccc(-c2ccccc2C(C)(C)C)cc1. The lowest BCUT2D eigenvalue weighted by molar-refractivity contribution is 0.592. The Balaban J connectivity index is 1.54. The standard InChI is InChI=1S/C28H31N/c1-19-12-17-27-24(18-19)23-9-7-11-26(23)29(27)21-15-13-20(14-16-21)22-8-5-6-10-25(22)28(2,3)4/h5-6,8,10,12-18,23,26H,7,9,11H2,1-4H3. The predicted octanol–water partition coefficient (Wildman–Crippen LogP) is 7.75. The highest BCUT2D eigenvalue weighted by Crippen LogP contribution is 2.52. The second kappa shape index (κ2) is 6.76. The molecule has 2 unspecified atom stereocenters. The van der Waals surface area contributed by atoms with Crippen molar-refractivity contribution in [2.75, 3.05) is 4.90 Å². The maximum atomic E-state index is 2.62. The Morgan fingerprint density at radius 1 is 0.862 bits per heavy atom. The Kier molecular flexibility index (Phi) is 4.31. The molecule has 0 radical (unpaired) electrons. The van der Waals surface area contributed by atoms with E-state index in [0.29, 0.717) is 12.0 Å². The molecule has 0 saturated heterocycles. The summed E-state index contributed by atoms with van der Waals surface area (Å²) in [5, 5.41) is 0. The van der Waals surface area contributed by atoms with Gasteiger partial charge in [-0.3, -0.25) is 0 Å². The number of hydrogen-bond acceptors (Lipinski definition) is 1. The molecule has 1 nitrogen and oxygen atoms in total.